The maximum absolute atomic E-state index is 6.43. The van der Waals surface area contributed by atoms with Gasteiger partial charge in [0.2, 0.25) is 0 Å². The minimum absolute atomic E-state index is 0.129. The van der Waals surface area contributed by atoms with Crippen molar-refractivity contribution in [2.75, 3.05) is 20.3 Å². The van der Waals surface area contributed by atoms with Gasteiger partial charge in [0, 0.05) is 7.11 Å². The van der Waals surface area contributed by atoms with E-state index in [1.807, 2.05) is 0 Å². The van der Waals surface area contributed by atoms with Crippen LogP contribution in [-0.4, -0.2) is 28.6 Å². The van der Waals surface area contributed by atoms with Gasteiger partial charge in [-0.2, -0.15) is 0 Å². The van der Waals surface area contributed by atoms with Crippen LogP contribution in [0, 0.1) is 0 Å². The molecule has 0 aliphatic rings. The second kappa shape index (κ2) is 8.25. The van der Waals surface area contributed by atoms with Crippen LogP contribution in [0.4, 0.5) is 0 Å². The highest BCUT2D eigenvalue weighted by Gasteiger charge is 2.38. The molecule has 0 heterocycles. The van der Waals surface area contributed by atoms with Gasteiger partial charge in [0.15, 0.2) is 8.32 Å². The number of methoxy groups -OCH3 is 1. The average Bonchev–Trinajstić information content (AvgIpc) is 2.42. The Balaban J connectivity index is 2.59. The molecule has 1 aromatic rings. The fraction of sp³-hybridized carbons (Fsp3) is 0.667. The van der Waals surface area contributed by atoms with Crippen LogP contribution in [-0.2, 0) is 20.5 Å². The van der Waals surface area contributed by atoms with Gasteiger partial charge in [0.1, 0.15) is 0 Å². The topological polar surface area (TPSA) is 27.7 Å². The zero-order chi connectivity index (χ0) is 16.8. The third-order valence-corrected chi connectivity index (χ3v) is 8.98. The first-order chi connectivity index (χ1) is 10.2. The van der Waals surface area contributed by atoms with Gasteiger partial charge in [0.25, 0.3) is 0 Å². The van der Waals surface area contributed by atoms with Crippen molar-refractivity contribution in [2.24, 2.45) is 0 Å². The van der Waals surface area contributed by atoms with Crippen LogP contribution in [0.5, 0.6) is 0 Å². The minimum atomic E-state index is -1.73. The SMILES string of the molecule is COCCOCc1ccc(C(C)O[Si](C)(C)C(C)(C)C)cc1. The largest absolute Gasteiger partial charge is 0.410 e. The molecular formula is C18H32O3Si. The molecule has 1 aromatic carbocycles. The standard InChI is InChI=1S/C18H32O3Si/c1-15(21-22(6,7)18(2,3)4)17-10-8-16(9-11-17)14-20-13-12-19-5/h8-11,15H,12-14H2,1-7H3. The Hall–Kier alpha value is -0.683. The molecule has 0 saturated carbocycles. The summed E-state index contributed by atoms with van der Waals surface area (Å²) >= 11 is 0. The van der Waals surface area contributed by atoms with E-state index in [0.29, 0.717) is 19.8 Å². The normalized spacial score (nSPS) is 14.1. The predicted octanol–water partition coefficient (Wildman–Crippen LogP) is 4.93. The average molecular weight is 325 g/mol. The van der Waals surface area contributed by atoms with E-state index in [1.54, 1.807) is 7.11 Å². The summed E-state index contributed by atoms with van der Waals surface area (Å²) in [5.74, 6) is 0. The van der Waals surface area contributed by atoms with Gasteiger partial charge in [-0.15, -0.1) is 0 Å². The molecule has 0 aliphatic carbocycles. The van der Waals surface area contributed by atoms with E-state index in [2.05, 4.69) is 65.1 Å². The molecule has 4 heteroatoms. The van der Waals surface area contributed by atoms with Crippen molar-refractivity contribution in [3.63, 3.8) is 0 Å². The van der Waals surface area contributed by atoms with Gasteiger partial charge in [-0.05, 0) is 36.2 Å². The third-order valence-electron chi connectivity index (χ3n) is 4.43. The van der Waals surface area contributed by atoms with Gasteiger partial charge in [-0.25, -0.2) is 0 Å². The van der Waals surface area contributed by atoms with Crippen molar-refractivity contribution in [3.8, 4) is 0 Å². The summed E-state index contributed by atoms with van der Waals surface area (Å²) < 4.78 is 16.9. The molecule has 126 valence electrons. The first kappa shape index (κ1) is 19.4. The summed E-state index contributed by atoms with van der Waals surface area (Å²) in [6.07, 6.45) is 0.129. The van der Waals surface area contributed by atoms with Gasteiger partial charge in [-0.3, -0.25) is 0 Å². The maximum atomic E-state index is 6.43. The highest BCUT2D eigenvalue weighted by atomic mass is 28.4. The van der Waals surface area contributed by atoms with Gasteiger partial charge in [-0.1, -0.05) is 45.0 Å². The second-order valence-corrected chi connectivity index (χ2v) is 12.1. The second-order valence-electron chi connectivity index (χ2n) is 7.31. The Labute approximate surface area is 137 Å². The van der Waals surface area contributed by atoms with Gasteiger partial charge < -0.3 is 13.9 Å². The molecular weight excluding hydrogens is 292 g/mol. The lowest BCUT2D eigenvalue weighted by Gasteiger charge is -2.38. The fourth-order valence-electron chi connectivity index (χ4n) is 1.90. The number of hydrogen-bond acceptors (Lipinski definition) is 3. The summed E-state index contributed by atoms with van der Waals surface area (Å²) in [6, 6.07) is 8.53. The molecule has 0 aromatic heterocycles. The molecule has 1 unspecified atom stereocenters. The van der Waals surface area contributed by atoms with Crippen LogP contribution in [0.3, 0.4) is 0 Å². The van der Waals surface area contributed by atoms with E-state index >= 15 is 0 Å². The minimum Gasteiger partial charge on any atom is -0.410 e. The highest BCUT2D eigenvalue weighted by molar-refractivity contribution is 6.74. The smallest absolute Gasteiger partial charge is 0.192 e. The van der Waals surface area contributed by atoms with Crippen molar-refractivity contribution in [2.45, 2.75) is 58.5 Å². The van der Waals surface area contributed by atoms with Gasteiger partial charge in [0.05, 0.1) is 25.9 Å². The Kier molecular flexibility index (Phi) is 7.26. The van der Waals surface area contributed by atoms with Crippen molar-refractivity contribution < 1.29 is 13.9 Å². The van der Waals surface area contributed by atoms with E-state index in [9.17, 15) is 0 Å². The lowest BCUT2D eigenvalue weighted by atomic mass is 10.1. The molecule has 0 saturated heterocycles. The predicted molar refractivity (Wildman–Crippen MR) is 94.7 cm³/mol. The quantitative estimate of drug-likeness (QED) is 0.501. The summed E-state index contributed by atoms with van der Waals surface area (Å²) in [5.41, 5.74) is 2.41. The molecule has 0 aliphatic heterocycles. The molecule has 0 bridgehead atoms. The molecule has 0 spiro atoms. The number of hydrogen-bond donors (Lipinski definition) is 0. The molecule has 0 fully saturated rings. The summed E-state index contributed by atoms with van der Waals surface area (Å²) in [5, 5.41) is 0.233. The molecule has 0 N–H and O–H groups in total. The van der Waals surface area contributed by atoms with Crippen molar-refractivity contribution in [1.29, 1.82) is 0 Å². The number of rotatable bonds is 8. The molecule has 22 heavy (non-hydrogen) atoms. The summed E-state index contributed by atoms with van der Waals surface area (Å²) in [6.45, 7) is 15.4. The molecule has 0 amide bonds. The summed E-state index contributed by atoms with van der Waals surface area (Å²) in [4.78, 5) is 0. The Morgan fingerprint density at radius 2 is 1.64 bits per heavy atom. The van der Waals surface area contributed by atoms with E-state index in [-0.39, 0.29) is 11.1 Å². The van der Waals surface area contributed by atoms with Crippen LogP contribution >= 0.6 is 0 Å². The van der Waals surface area contributed by atoms with E-state index in [1.165, 1.54) is 11.1 Å². The molecule has 1 rings (SSSR count). The highest BCUT2D eigenvalue weighted by Crippen LogP contribution is 2.39. The molecule has 1 atom stereocenters. The molecule has 0 radical (unpaired) electrons. The fourth-order valence-corrected chi connectivity index (χ4v) is 3.28. The first-order valence-corrected chi connectivity index (χ1v) is 10.9. The van der Waals surface area contributed by atoms with E-state index in [4.69, 9.17) is 13.9 Å². The maximum Gasteiger partial charge on any atom is 0.192 e. The Bertz CT molecular complexity index is 435. The van der Waals surface area contributed by atoms with Crippen LogP contribution in [0.25, 0.3) is 0 Å². The zero-order valence-electron chi connectivity index (χ0n) is 15.2. The van der Waals surface area contributed by atoms with Crippen LogP contribution < -0.4 is 0 Å². The van der Waals surface area contributed by atoms with Gasteiger partial charge >= 0.3 is 0 Å². The van der Waals surface area contributed by atoms with Crippen LogP contribution in [0.1, 0.15) is 44.9 Å². The third kappa shape index (κ3) is 5.84. The first-order valence-electron chi connectivity index (χ1n) is 8.01. The van der Waals surface area contributed by atoms with Crippen LogP contribution in [0.2, 0.25) is 18.1 Å². The Morgan fingerprint density at radius 1 is 1.05 bits per heavy atom. The lowest BCUT2D eigenvalue weighted by molar-refractivity contribution is 0.0616. The Morgan fingerprint density at radius 3 is 2.14 bits per heavy atom. The van der Waals surface area contributed by atoms with Crippen LogP contribution in [0.15, 0.2) is 24.3 Å². The van der Waals surface area contributed by atoms with Crippen molar-refractivity contribution in [1.82, 2.24) is 0 Å². The van der Waals surface area contributed by atoms with E-state index < -0.39 is 8.32 Å². The van der Waals surface area contributed by atoms with Crippen molar-refractivity contribution >= 4 is 8.32 Å². The monoisotopic (exact) mass is 324 g/mol. The lowest BCUT2D eigenvalue weighted by Crippen LogP contribution is -2.41. The number of benzene rings is 1. The van der Waals surface area contributed by atoms with Crippen molar-refractivity contribution in [3.05, 3.63) is 35.4 Å². The van der Waals surface area contributed by atoms with E-state index in [0.717, 1.165) is 0 Å². The molecule has 3 nitrogen and oxygen atoms in total. The zero-order valence-corrected chi connectivity index (χ0v) is 16.2. The summed E-state index contributed by atoms with van der Waals surface area (Å²) in [7, 11) is -0.0506. The number of ether oxygens (including phenoxy) is 2.